The second kappa shape index (κ2) is 6.22. The molecule has 0 spiro atoms. The van der Waals surface area contributed by atoms with Gasteiger partial charge in [0.2, 0.25) is 5.91 Å². The van der Waals surface area contributed by atoms with E-state index in [4.69, 9.17) is 5.73 Å². The van der Waals surface area contributed by atoms with Crippen LogP contribution in [-0.2, 0) is 4.79 Å². The summed E-state index contributed by atoms with van der Waals surface area (Å²) in [6.45, 7) is 0. The lowest BCUT2D eigenvalue weighted by Crippen LogP contribution is -2.20. The minimum atomic E-state index is -0.676. The Hall–Kier alpha value is -2.94. The van der Waals surface area contributed by atoms with Crippen molar-refractivity contribution < 1.29 is 4.79 Å². The fraction of sp³-hybridized carbons (Fsp3) is 0.0526. The van der Waals surface area contributed by atoms with Gasteiger partial charge in [0, 0.05) is 6.21 Å². The molecule has 3 rings (SSSR count). The van der Waals surface area contributed by atoms with Crippen LogP contribution >= 0.6 is 0 Å². The van der Waals surface area contributed by atoms with Crippen LogP contribution in [0.3, 0.4) is 0 Å². The van der Waals surface area contributed by atoms with Gasteiger partial charge in [-0.15, -0.1) is 0 Å². The molecule has 1 atom stereocenters. The van der Waals surface area contributed by atoms with Crippen LogP contribution in [0.1, 0.15) is 17.2 Å². The van der Waals surface area contributed by atoms with Gasteiger partial charge in [0.25, 0.3) is 0 Å². The first-order valence-corrected chi connectivity index (χ1v) is 7.10. The van der Waals surface area contributed by atoms with Crippen molar-refractivity contribution in [2.24, 2.45) is 10.7 Å². The quantitative estimate of drug-likeness (QED) is 0.734. The van der Waals surface area contributed by atoms with Gasteiger partial charge in [-0.3, -0.25) is 9.79 Å². The van der Waals surface area contributed by atoms with Gasteiger partial charge in [0.1, 0.15) is 0 Å². The Morgan fingerprint density at radius 1 is 0.909 bits per heavy atom. The van der Waals surface area contributed by atoms with Gasteiger partial charge in [-0.25, -0.2) is 0 Å². The average Bonchev–Trinajstić information content (AvgIpc) is 2.55. The largest absolute Gasteiger partial charge is 0.368 e. The Balaban J connectivity index is 1.96. The second-order valence-corrected chi connectivity index (χ2v) is 5.10. The Bertz CT molecular complexity index is 825. The van der Waals surface area contributed by atoms with Crippen molar-refractivity contribution in [2.75, 3.05) is 0 Å². The molecule has 0 aliphatic heterocycles. The number of hydrogen-bond acceptors (Lipinski definition) is 2. The van der Waals surface area contributed by atoms with Crippen molar-refractivity contribution in [3.63, 3.8) is 0 Å². The second-order valence-electron chi connectivity index (χ2n) is 5.10. The van der Waals surface area contributed by atoms with Gasteiger partial charge in [-0.1, -0.05) is 66.7 Å². The summed E-state index contributed by atoms with van der Waals surface area (Å²) in [6.07, 6.45) is 1.69. The number of nitrogens with zero attached hydrogens (tertiary/aromatic N) is 1. The van der Waals surface area contributed by atoms with Crippen LogP contribution in [0.5, 0.6) is 0 Å². The molecule has 0 saturated carbocycles. The minimum Gasteiger partial charge on any atom is -0.368 e. The van der Waals surface area contributed by atoms with E-state index in [-0.39, 0.29) is 0 Å². The van der Waals surface area contributed by atoms with Crippen molar-refractivity contribution in [2.45, 2.75) is 6.04 Å². The van der Waals surface area contributed by atoms with Crippen LogP contribution < -0.4 is 5.73 Å². The third-order valence-corrected chi connectivity index (χ3v) is 3.53. The number of aliphatic imine (C=N–C) groups is 1. The van der Waals surface area contributed by atoms with Crippen molar-refractivity contribution in [3.8, 4) is 0 Å². The first kappa shape index (κ1) is 14.0. The number of amides is 1. The van der Waals surface area contributed by atoms with E-state index >= 15 is 0 Å². The van der Waals surface area contributed by atoms with E-state index < -0.39 is 11.9 Å². The van der Waals surface area contributed by atoms with Gasteiger partial charge in [0.15, 0.2) is 6.04 Å². The molecule has 0 fully saturated rings. The van der Waals surface area contributed by atoms with E-state index in [9.17, 15) is 4.79 Å². The summed E-state index contributed by atoms with van der Waals surface area (Å²) in [5.74, 6) is -0.456. The molecule has 0 aliphatic carbocycles. The van der Waals surface area contributed by atoms with Crippen molar-refractivity contribution in [1.82, 2.24) is 0 Å². The molecule has 1 amide bonds. The molecule has 0 saturated heterocycles. The Morgan fingerprint density at radius 2 is 1.59 bits per heavy atom. The molecule has 0 bridgehead atoms. The van der Waals surface area contributed by atoms with Gasteiger partial charge < -0.3 is 5.73 Å². The van der Waals surface area contributed by atoms with E-state index in [2.05, 4.69) is 4.99 Å². The molecule has 108 valence electrons. The lowest BCUT2D eigenvalue weighted by atomic mass is 10.0. The number of hydrogen-bond donors (Lipinski definition) is 1. The molecule has 3 nitrogen and oxygen atoms in total. The molecule has 3 aromatic rings. The molecule has 2 N–H and O–H groups in total. The maximum absolute atomic E-state index is 11.8. The highest BCUT2D eigenvalue weighted by molar-refractivity contribution is 5.89. The number of primary amides is 1. The van der Waals surface area contributed by atoms with Crippen molar-refractivity contribution >= 4 is 22.9 Å². The predicted molar refractivity (Wildman–Crippen MR) is 89.9 cm³/mol. The van der Waals surface area contributed by atoms with Crippen LogP contribution in [-0.4, -0.2) is 12.1 Å². The summed E-state index contributed by atoms with van der Waals surface area (Å²) in [7, 11) is 0. The van der Waals surface area contributed by atoms with Crippen LogP contribution in [0.4, 0.5) is 0 Å². The molecule has 3 heteroatoms. The molecule has 0 heterocycles. The van der Waals surface area contributed by atoms with Crippen molar-refractivity contribution in [3.05, 3.63) is 83.9 Å². The molecular formula is C19H16N2O. The summed E-state index contributed by atoms with van der Waals surface area (Å²) in [5, 5.41) is 2.20. The normalized spacial score (nSPS) is 12.5. The van der Waals surface area contributed by atoms with Crippen LogP contribution in [0.2, 0.25) is 0 Å². The zero-order valence-corrected chi connectivity index (χ0v) is 12.0. The molecule has 22 heavy (non-hydrogen) atoms. The molecular weight excluding hydrogens is 272 g/mol. The fourth-order valence-corrected chi connectivity index (χ4v) is 2.40. The van der Waals surface area contributed by atoms with Gasteiger partial charge >= 0.3 is 0 Å². The zero-order chi connectivity index (χ0) is 15.4. The van der Waals surface area contributed by atoms with Crippen LogP contribution in [0.15, 0.2) is 77.8 Å². The maximum Gasteiger partial charge on any atom is 0.246 e. The molecule has 0 radical (unpaired) electrons. The van der Waals surface area contributed by atoms with Crippen LogP contribution in [0, 0.1) is 0 Å². The molecule has 0 aliphatic rings. The highest BCUT2D eigenvalue weighted by Crippen LogP contribution is 2.22. The third-order valence-electron chi connectivity index (χ3n) is 3.53. The number of rotatable bonds is 4. The average molecular weight is 288 g/mol. The monoisotopic (exact) mass is 288 g/mol. The van der Waals surface area contributed by atoms with Crippen LogP contribution in [0.25, 0.3) is 10.8 Å². The first-order chi connectivity index (χ1) is 10.7. The Labute approximate surface area is 129 Å². The number of fused-ring (bicyclic) bond motifs is 1. The predicted octanol–water partition coefficient (Wildman–Crippen LogP) is 3.49. The van der Waals surface area contributed by atoms with Gasteiger partial charge in [-0.2, -0.15) is 0 Å². The highest BCUT2D eigenvalue weighted by Gasteiger charge is 2.16. The topological polar surface area (TPSA) is 55.5 Å². The summed E-state index contributed by atoms with van der Waals surface area (Å²) < 4.78 is 0. The SMILES string of the molecule is NC(=O)C(N=Cc1ccccc1)c1ccc2ccccc2c1. The molecule has 3 aromatic carbocycles. The maximum atomic E-state index is 11.8. The fourth-order valence-electron chi connectivity index (χ4n) is 2.40. The summed E-state index contributed by atoms with van der Waals surface area (Å²) >= 11 is 0. The smallest absolute Gasteiger partial charge is 0.246 e. The number of carbonyl (C=O) groups excluding carboxylic acids is 1. The van der Waals surface area contributed by atoms with Gasteiger partial charge in [0.05, 0.1) is 0 Å². The number of nitrogens with two attached hydrogens (primary N) is 1. The summed E-state index contributed by atoms with van der Waals surface area (Å²) in [4.78, 5) is 16.1. The van der Waals surface area contributed by atoms with E-state index in [1.165, 1.54) is 0 Å². The number of benzene rings is 3. The lowest BCUT2D eigenvalue weighted by molar-refractivity contribution is -0.119. The number of carbonyl (C=O) groups is 1. The minimum absolute atomic E-state index is 0.456. The Kier molecular flexibility index (Phi) is 3.97. The standard InChI is InChI=1S/C19H16N2O/c20-19(22)18(21-13-14-6-2-1-3-7-14)17-11-10-15-8-4-5-9-16(15)12-17/h1-13,18H,(H2,20,22). The lowest BCUT2D eigenvalue weighted by Gasteiger charge is -2.10. The first-order valence-electron chi connectivity index (χ1n) is 7.10. The third kappa shape index (κ3) is 3.04. The van der Waals surface area contributed by atoms with E-state index in [0.29, 0.717) is 0 Å². The summed E-state index contributed by atoms with van der Waals surface area (Å²) in [6, 6.07) is 22.8. The van der Waals surface area contributed by atoms with Gasteiger partial charge in [-0.05, 0) is 28.0 Å². The van der Waals surface area contributed by atoms with E-state index in [1.807, 2.05) is 72.8 Å². The van der Waals surface area contributed by atoms with Crippen molar-refractivity contribution in [1.29, 1.82) is 0 Å². The Morgan fingerprint density at radius 3 is 2.32 bits per heavy atom. The zero-order valence-electron chi connectivity index (χ0n) is 12.0. The van der Waals surface area contributed by atoms with E-state index in [1.54, 1.807) is 6.21 Å². The highest BCUT2D eigenvalue weighted by atomic mass is 16.1. The van der Waals surface area contributed by atoms with E-state index in [0.717, 1.165) is 21.9 Å². The molecule has 1 unspecified atom stereocenters. The summed E-state index contributed by atoms with van der Waals surface area (Å²) in [5.41, 5.74) is 7.27. The molecule has 0 aromatic heterocycles.